The summed E-state index contributed by atoms with van der Waals surface area (Å²) in [6.45, 7) is 8.09. The lowest BCUT2D eigenvalue weighted by atomic mass is 9.83. The SMILES string of the molecule is CCC(C)C=O.CCC(C)c1nc2c3c(ccc2[nH]1)C(=O)c1ccccc1C3=O.Nc1ccc2c(c1N)C(=O)c1ccccc1C2=O.[2H]CF. The Morgan fingerprint density at radius 1 is 0.735 bits per heavy atom. The highest BCUT2D eigenvalue weighted by Gasteiger charge is 2.33. The molecular formula is C39H39FN4O5. The molecule has 2 unspecified atom stereocenters. The van der Waals surface area contributed by atoms with E-state index in [4.69, 9.17) is 12.8 Å². The molecule has 0 radical (unpaired) electrons. The minimum atomic E-state index is -1.00. The van der Waals surface area contributed by atoms with Crippen molar-refractivity contribution in [1.82, 2.24) is 9.97 Å². The summed E-state index contributed by atoms with van der Waals surface area (Å²) in [6, 6.07) is 20.4. The Hall–Kier alpha value is -5.77. The molecule has 252 valence electrons. The van der Waals surface area contributed by atoms with Crippen LogP contribution in [-0.4, -0.2) is 46.5 Å². The van der Waals surface area contributed by atoms with Crippen LogP contribution in [0.5, 0.6) is 0 Å². The van der Waals surface area contributed by atoms with Gasteiger partial charge < -0.3 is 21.2 Å². The van der Waals surface area contributed by atoms with Crippen molar-refractivity contribution in [3.8, 4) is 0 Å². The molecule has 2 aliphatic rings. The van der Waals surface area contributed by atoms with Gasteiger partial charge in [-0.3, -0.25) is 23.6 Å². The van der Waals surface area contributed by atoms with Gasteiger partial charge in [0.25, 0.3) is 0 Å². The van der Waals surface area contributed by atoms with Crippen LogP contribution in [0.15, 0.2) is 72.8 Å². The van der Waals surface area contributed by atoms with Crippen LogP contribution in [0, 0.1) is 5.92 Å². The van der Waals surface area contributed by atoms with Gasteiger partial charge in [-0.05, 0) is 37.1 Å². The number of imidazole rings is 1. The molecule has 0 spiro atoms. The fraction of sp³-hybridized carbons (Fsp3) is 0.231. The van der Waals surface area contributed by atoms with E-state index in [0.717, 1.165) is 30.5 Å². The Morgan fingerprint density at radius 3 is 1.67 bits per heavy atom. The number of nitrogens with two attached hydrogens (primary N) is 2. The van der Waals surface area contributed by atoms with Crippen LogP contribution < -0.4 is 11.5 Å². The number of H-pyrrole nitrogens is 1. The van der Waals surface area contributed by atoms with E-state index in [9.17, 15) is 28.4 Å². The topological polar surface area (TPSA) is 166 Å². The highest BCUT2D eigenvalue weighted by atomic mass is 19.1. The molecule has 5 aromatic rings. The lowest BCUT2D eigenvalue weighted by Gasteiger charge is -2.19. The summed E-state index contributed by atoms with van der Waals surface area (Å²) in [5.74, 6) is 0.727. The smallest absolute Gasteiger partial charge is 0.196 e. The van der Waals surface area contributed by atoms with Crippen molar-refractivity contribution in [3.05, 3.63) is 123 Å². The molecule has 49 heavy (non-hydrogen) atoms. The predicted octanol–water partition coefficient (Wildman–Crippen LogP) is 7.30. The number of aldehydes is 1. The molecule has 0 saturated heterocycles. The third-order valence-corrected chi connectivity index (χ3v) is 8.68. The summed E-state index contributed by atoms with van der Waals surface area (Å²) in [5.41, 5.74) is 16.6. The number of aromatic amines is 1. The molecule has 0 amide bonds. The van der Waals surface area contributed by atoms with Gasteiger partial charge in [-0.2, -0.15) is 0 Å². The Labute approximate surface area is 285 Å². The lowest BCUT2D eigenvalue weighted by Crippen LogP contribution is -2.22. The van der Waals surface area contributed by atoms with Crippen molar-refractivity contribution in [1.29, 1.82) is 0 Å². The first kappa shape index (κ1) is 34.6. The fourth-order valence-electron chi connectivity index (χ4n) is 5.42. The van der Waals surface area contributed by atoms with E-state index >= 15 is 0 Å². The first-order valence-electron chi connectivity index (χ1n) is 16.5. The van der Waals surface area contributed by atoms with Gasteiger partial charge in [-0.15, -0.1) is 0 Å². The molecule has 0 saturated carbocycles. The monoisotopic (exact) mass is 663 g/mol. The number of fused-ring (bicyclic) bond motifs is 6. The zero-order chi connectivity index (χ0) is 36.7. The maximum absolute atomic E-state index is 12.9. The summed E-state index contributed by atoms with van der Waals surface area (Å²) in [6.07, 6.45) is 2.89. The molecule has 1 aromatic heterocycles. The average Bonchev–Trinajstić information content (AvgIpc) is 3.58. The maximum atomic E-state index is 12.9. The average molecular weight is 664 g/mol. The number of aromatic nitrogens is 2. The quantitative estimate of drug-likeness (QED) is 0.130. The van der Waals surface area contributed by atoms with Crippen molar-refractivity contribution in [2.45, 2.75) is 46.5 Å². The van der Waals surface area contributed by atoms with Crippen molar-refractivity contribution >= 4 is 51.8 Å². The van der Waals surface area contributed by atoms with Crippen molar-refractivity contribution in [2.24, 2.45) is 5.92 Å². The molecule has 5 N–H and O–H groups in total. The number of anilines is 2. The van der Waals surface area contributed by atoms with Gasteiger partial charge in [-0.25, -0.2) is 4.98 Å². The number of hydrogen-bond donors (Lipinski definition) is 3. The fourth-order valence-corrected chi connectivity index (χ4v) is 5.42. The van der Waals surface area contributed by atoms with Crippen LogP contribution in [-0.2, 0) is 4.79 Å². The Bertz CT molecular complexity index is 2110. The van der Waals surface area contributed by atoms with Crippen LogP contribution in [0.3, 0.4) is 0 Å². The van der Waals surface area contributed by atoms with Crippen LogP contribution in [0.25, 0.3) is 11.0 Å². The zero-order valence-electron chi connectivity index (χ0n) is 28.8. The van der Waals surface area contributed by atoms with Crippen molar-refractivity contribution < 1.29 is 29.7 Å². The van der Waals surface area contributed by atoms with Gasteiger partial charge in [0.1, 0.15) is 17.6 Å². The number of nitrogens with one attached hydrogen (secondary N) is 1. The van der Waals surface area contributed by atoms with E-state index in [2.05, 4.69) is 23.8 Å². The molecule has 1 heterocycles. The minimum Gasteiger partial charge on any atom is -0.397 e. The summed E-state index contributed by atoms with van der Waals surface area (Å²) in [5, 5.41) is 0. The Kier molecular flexibility index (Phi) is 10.9. The van der Waals surface area contributed by atoms with E-state index in [1.165, 1.54) is 0 Å². The molecule has 2 aliphatic carbocycles. The van der Waals surface area contributed by atoms with Crippen molar-refractivity contribution in [3.63, 3.8) is 0 Å². The van der Waals surface area contributed by atoms with E-state index in [1.54, 1.807) is 66.7 Å². The number of carbonyl (C=O) groups is 5. The van der Waals surface area contributed by atoms with Gasteiger partial charge in [0.2, 0.25) is 0 Å². The summed E-state index contributed by atoms with van der Waals surface area (Å²) in [7, 11) is -1.00. The minimum absolute atomic E-state index is 0.106. The highest BCUT2D eigenvalue weighted by Crippen LogP contribution is 2.34. The zero-order valence-corrected chi connectivity index (χ0v) is 27.8. The van der Waals surface area contributed by atoms with E-state index in [-0.39, 0.29) is 46.2 Å². The van der Waals surface area contributed by atoms with Gasteiger partial charge in [0.05, 0.1) is 36.5 Å². The first-order valence-corrected chi connectivity index (χ1v) is 15.8. The summed E-state index contributed by atoms with van der Waals surface area (Å²) in [4.78, 5) is 67.9. The molecule has 4 aromatic carbocycles. The van der Waals surface area contributed by atoms with Crippen LogP contribution >= 0.6 is 0 Å². The number of nitrogens with zero attached hydrogens (tertiary/aromatic N) is 1. The van der Waals surface area contributed by atoms with Crippen molar-refractivity contribution in [2.75, 3.05) is 18.6 Å². The molecule has 0 aliphatic heterocycles. The number of ketones is 4. The second-order valence-corrected chi connectivity index (χ2v) is 11.7. The Morgan fingerprint density at radius 2 is 1.20 bits per heavy atom. The van der Waals surface area contributed by atoms with E-state index in [1.807, 2.05) is 19.9 Å². The number of alkyl halides is 1. The number of benzene rings is 4. The third-order valence-electron chi connectivity index (χ3n) is 8.68. The normalized spacial score (nSPS) is 13.8. The van der Waals surface area contributed by atoms with Crippen LogP contribution in [0.2, 0.25) is 0 Å². The molecule has 10 heteroatoms. The third kappa shape index (κ3) is 6.80. The molecular weight excluding hydrogens is 623 g/mol. The predicted molar refractivity (Wildman–Crippen MR) is 189 cm³/mol. The van der Waals surface area contributed by atoms with Crippen LogP contribution in [0.4, 0.5) is 15.8 Å². The van der Waals surface area contributed by atoms with Gasteiger partial charge in [-0.1, -0.05) is 76.2 Å². The van der Waals surface area contributed by atoms with E-state index in [0.29, 0.717) is 50.1 Å². The van der Waals surface area contributed by atoms with Gasteiger partial charge in [0.15, 0.2) is 23.1 Å². The number of rotatable bonds is 4. The number of nitrogen functional groups attached to an aromatic ring is 2. The molecule has 0 fully saturated rings. The highest BCUT2D eigenvalue weighted by molar-refractivity contribution is 6.32. The maximum Gasteiger partial charge on any atom is 0.196 e. The van der Waals surface area contributed by atoms with E-state index < -0.39 is 7.15 Å². The molecule has 2 atom stereocenters. The van der Waals surface area contributed by atoms with Gasteiger partial charge in [0, 0.05) is 45.2 Å². The summed E-state index contributed by atoms with van der Waals surface area (Å²) >= 11 is 0. The van der Waals surface area contributed by atoms with Gasteiger partial charge >= 0.3 is 0 Å². The summed E-state index contributed by atoms with van der Waals surface area (Å²) < 4.78 is 15.5. The number of halogens is 1. The standard InChI is InChI=1S/C19H16N2O2.C14H10N2O2.C5H10O.CH3F/c1-3-10(2)19-20-14-9-8-13-15(16(14)21-19)18(23)12-7-5-4-6-11(12)17(13)22;15-10-6-5-9-11(12(10)16)14(18)8-4-2-1-3-7(8)13(9)17;1-3-5(2)4-6;1-2/h4-10H,3H2,1-2H3,(H,20,21);1-6H,15-16H2;4-5H,3H2,1-2H3;1H3/i;;;1D. The lowest BCUT2D eigenvalue weighted by molar-refractivity contribution is -0.110. The number of hydrogen-bond acceptors (Lipinski definition) is 8. The Balaban J connectivity index is 0.000000185. The first-order chi connectivity index (χ1) is 23.9. The molecule has 7 rings (SSSR count). The second kappa shape index (κ2) is 15.4. The largest absolute Gasteiger partial charge is 0.397 e. The molecule has 9 nitrogen and oxygen atoms in total. The molecule has 0 bridgehead atoms. The second-order valence-electron chi connectivity index (χ2n) is 11.7. The van der Waals surface area contributed by atoms with Crippen LogP contribution in [0.1, 0.15) is 117 Å². The number of carbonyl (C=O) groups excluding carboxylic acids is 5.